The van der Waals surface area contributed by atoms with E-state index in [2.05, 4.69) is 4.98 Å². The molecule has 1 fully saturated rings. The van der Waals surface area contributed by atoms with E-state index < -0.39 is 44.7 Å². The van der Waals surface area contributed by atoms with Gasteiger partial charge in [0.1, 0.15) is 23.0 Å². The van der Waals surface area contributed by atoms with E-state index in [-0.39, 0.29) is 28.9 Å². The van der Waals surface area contributed by atoms with Gasteiger partial charge in [-0.3, -0.25) is 19.3 Å². The van der Waals surface area contributed by atoms with Gasteiger partial charge in [0.05, 0.1) is 27.9 Å². The number of hydrogen-bond acceptors (Lipinski definition) is 10. The summed E-state index contributed by atoms with van der Waals surface area (Å²) in [4.78, 5) is 43.3. The van der Waals surface area contributed by atoms with Crippen molar-refractivity contribution in [3.63, 3.8) is 0 Å². The zero-order valence-corrected chi connectivity index (χ0v) is 22.4. The first-order valence-corrected chi connectivity index (χ1v) is 14.4. The van der Waals surface area contributed by atoms with E-state index in [4.69, 9.17) is 4.74 Å². The van der Waals surface area contributed by atoms with E-state index in [0.717, 1.165) is 17.6 Å². The van der Waals surface area contributed by atoms with E-state index in [1.807, 2.05) is 6.92 Å². The number of sulfone groups is 1. The summed E-state index contributed by atoms with van der Waals surface area (Å²) in [5, 5.41) is 21.1. The molecule has 3 aromatic rings. The summed E-state index contributed by atoms with van der Waals surface area (Å²) in [6.45, 7) is 4.87. The van der Waals surface area contributed by atoms with E-state index >= 15 is 0 Å². The van der Waals surface area contributed by atoms with Crippen LogP contribution in [0.4, 0.5) is 5.69 Å². The second-order valence-electron chi connectivity index (χ2n) is 9.52. The van der Waals surface area contributed by atoms with Gasteiger partial charge in [0.25, 0.3) is 5.69 Å². The van der Waals surface area contributed by atoms with Crippen LogP contribution in [0, 0.1) is 28.9 Å². The third-order valence-electron chi connectivity index (χ3n) is 6.97. The van der Waals surface area contributed by atoms with Gasteiger partial charge >= 0.3 is 5.97 Å². The molecule has 4 atom stereocenters. The van der Waals surface area contributed by atoms with Crippen molar-refractivity contribution >= 4 is 49.1 Å². The van der Waals surface area contributed by atoms with Crippen LogP contribution in [0.3, 0.4) is 0 Å². The largest absolute Gasteiger partial charge is 0.456 e. The Kier molecular flexibility index (Phi) is 6.16. The highest BCUT2D eigenvalue weighted by atomic mass is 32.2. The van der Waals surface area contributed by atoms with Gasteiger partial charge in [0.15, 0.2) is 14.9 Å². The molecule has 0 saturated carbocycles. The van der Waals surface area contributed by atoms with Crippen molar-refractivity contribution < 1.29 is 32.8 Å². The Balaban J connectivity index is 1.55. The molecule has 2 aliphatic heterocycles. The summed E-state index contributed by atoms with van der Waals surface area (Å²) in [6.07, 6.45) is 1.84. The Morgan fingerprint density at radius 3 is 2.55 bits per heavy atom. The summed E-state index contributed by atoms with van der Waals surface area (Å²) < 4.78 is 31.8. The first-order chi connectivity index (χ1) is 17.8. The van der Waals surface area contributed by atoms with Gasteiger partial charge in [-0.15, -0.1) is 11.3 Å². The number of fused-ring (bicyclic) bond motifs is 2. The van der Waals surface area contributed by atoms with Gasteiger partial charge in [-0.2, -0.15) is 0 Å². The molecule has 0 spiro atoms. The number of carbonyl (C=O) groups is 2. The maximum absolute atomic E-state index is 13.4. The zero-order valence-electron chi connectivity index (χ0n) is 20.8. The van der Waals surface area contributed by atoms with E-state index in [0.29, 0.717) is 26.7 Å². The summed E-state index contributed by atoms with van der Waals surface area (Å²) in [5.74, 6) is -1.75. The molecule has 2 aromatic heterocycles. The number of nitro benzene ring substituents is 1. The molecule has 0 radical (unpaired) electrons. The van der Waals surface area contributed by atoms with Crippen molar-refractivity contribution in [3.05, 3.63) is 62.5 Å². The molecule has 1 amide bonds. The maximum atomic E-state index is 13.4. The summed E-state index contributed by atoms with van der Waals surface area (Å²) >= 11 is 1.15. The van der Waals surface area contributed by atoms with Crippen molar-refractivity contribution in [1.82, 2.24) is 14.3 Å². The number of nitro groups is 1. The molecule has 1 N–H and O–H groups in total. The number of β-lactam (4-membered cyclic amide) rings is 1. The highest BCUT2D eigenvalue weighted by Gasteiger charge is 2.60. The Labute approximate surface area is 221 Å². The number of rotatable bonds is 7. The zero-order chi connectivity index (χ0) is 27.7. The highest BCUT2D eigenvalue weighted by molar-refractivity contribution is 7.91. The average molecular weight is 561 g/mol. The lowest BCUT2D eigenvalue weighted by molar-refractivity contribution is -0.384. The molecule has 14 heteroatoms. The number of aliphatic hydroxyl groups excluding tert-OH is 1. The van der Waals surface area contributed by atoms with Gasteiger partial charge in [-0.1, -0.05) is 6.92 Å². The average Bonchev–Trinajstić information content (AvgIpc) is 3.46. The fourth-order valence-electron chi connectivity index (χ4n) is 5.17. The first kappa shape index (κ1) is 26.0. The number of aliphatic hydroxyl groups is 1. The number of thiazole rings is 1. The van der Waals surface area contributed by atoms with Crippen LogP contribution in [0.5, 0.6) is 0 Å². The molecule has 0 bridgehead atoms. The minimum atomic E-state index is -3.62. The standard InChI is InChI=1S/C24H24N4O8S2/c1-11-17(16-9-26-13(3)25-21(23(26)37-16)38(4,34)35)20(27-19(11)18(12(2)29)22(27)30)24(31)36-10-14-5-7-15(8-6-14)28(32)33/h5-9,11-12,18-19,29H,10H2,1-4H3/t11-,12+,18+,19+/m0/s1. The maximum Gasteiger partial charge on any atom is 0.355 e. The Hall–Kier alpha value is -3.62. The molecule has 12 nitrogen and oxygen atoms in total. The molecule has 5 rings (SSSR count). The second kappa shape index (κ2) is 8.99. The Bertz CT molecular complexity index is 1640. The molecule has 1 saturated heterocycles. The van der Waals surface area contributed by atoms with E-state index in [1.165, 1.54) is 36.1 Å². The van der Waals surface area contributed by atoms with Crippen molar-refractivity contribution in [2.75, 3.05) is 6.26 Å². The van der Waals surface area contributed by atoms with Gasteiger partial charge in [-0.25, -0.2) is 18.2 Å². The Morgan fingerprint density at radius 2 is 1.97 bits per heavy atom. The number of aryl methyl sites for hydroxylation is 1. The van der Waals surface area contributed by atoms with Crippen molar-refractivity contribution in [1.29, 1.82) is 0 Å². The molecular weight excluding hydrogens is 536 g/mol. The third-order valence-corrected chi connectivity index (χ3v) is 9.21. The molecule has 200 valence electrons. The van der Waals surface area contributed by atoms with Crippen LogP contribution in [0.1, 0.15) is 30.1 Å². The summed E-state index contributed by atoms with van der Waals surface area (Å²) in [5.41, 5.74) is 0.991. The molecule has 38 heavy (non-hydrogen) atoms. The van der Waals surface area contributed by atoms with Crippen LogP contribution >= 0.6 is 11.3 Å². The van der Waals surface area contributed by atoms with Gasteiger partial charge in [-0.05, 0) is 31.5 Å². The van der Waals surface area contributed by atoms with Crippen LogP contribution in [0.15, 0.2) is 41.2 Å². The molecular formula is C24H24N4O8S2. The smallest absolute Gasteiger partial charge is 0.355 e. The predicted octanol–water partition coefficient (Wildman–Crippen LogP) is 2.33. The van der Waals surface area contributed by atoms with Crippen LogP contribution in [0.25, 0.3) is 10.4 Å². The quantitative estimate of drug-likeness (QED) is 0.198. The minimum Gasteiger partial charge on any atom is -0.456 e. The number of imidazole rings is 1. The summed E-state index contributed by atoms with van der Waals surface area (Å²) in [6, 6.07) is 5.10. The highest BCUT2D eigenvalue weighted by Crippen LogP contribution is 2.52. The normalized spacial score (nSPS) is 22.0. The lowest BCUT2D eigenvalue weighted by atomic mass is 9.77. The number of nitrogens with zero attached hydrogens (tertiary/aromatic N) is 4. The van der Waals surface area contributed by atoms with Crippen LogP contribution in [-0.4, -0.2) is 63.0 Å². The number of carbonyl (C=O) groups excluding carboxylic acids is 2. The molecule has 1 aromatic carbocycles. The van der Waals surface area contributed by atoms with E-state index in [1.54, 1.807) is 17.5 Å². The predicted molar refractivity (Wildman–Crippen MR) is 136 cm³/mol. The van der Waals surface area contributed by atoms with Gasteiger partial charge in [0.2, 0.25) is 5.91 Å². The van der Waals surface area contributed by atoms with E-state index in [9.17, 15) is 33.2 Å². The monoisotopic (exact) mass is 560 g/mol. The van der Waals surface area contributed by atoms with Crippen molar-refractivity contribution in [2.24, 2.45) is 11.8 Å². The number of amides is 1. The van der Waals surface area contributed by atoms with Gasteiger partial charge in [0, 0.05) is 36.1 Å². The number of non-ortho nitro benzene ring substituents is 1. The number of aromatic nitrogens is 2. The number of hydrogen-bond donors (Lipinski definition) is 1. The fraction of sp³-hybridized carbons (Fsp3) is 0.375. The topological polar surface area (TPSA) is 161 Å². The molecule has 0 aliphatic carbocycles. The fourth-order valence-corrected chi connectivity index (χ4v) is 7.64. The number of ether oxygens (including phenoxy) is 1. The van der Waals surface area contributed by atoms with Crippen molar-refractivity contribution in [3.8, 4) is 0 Å². The third kappa shape index (κ3) is 3.99. The second-order valence-corrected chi connectivity index (χ2v) is 12.5. The lowest BCUT2D eigenvalue weighted by Gasteiger charge is -2.46. The Morgan fingerprint density at radius 1 is 1.32 bits per heavy atom. The lowest BCUT2D eigenvalue weighted by Crippen LogP contribution is -2.63. The summed E-state index contributed by atoms with van der Waals surface area (Å²) in [7, 11) is -3.62. The molecule has 4 heterocycles. The number of benzene rings is 1. The van der Waals surface area contributed by atoms with Crippen molar-refractivity contribution in [2.45, 2.75) is 44.5 Å². The minimum absolute atomic E-state index is 0.0438. The first-order valence-electron chi connectivity index (χ1n) is 11.7. The number of esters is 1. The molecule has 0 unspecified atom stereocenters. The molecule has 2 aliphatic rings. The van der Waals surface area contributed by atoms with Crippen LogP contribution < -0.4 is 0 Å². The van der Waals surface area contributed by atoms with Gasteiger partial charge < -0.3 is 14.7 Å². The SMILES string of the molecule is Cc1nc(S(C)(=O)=O)c2sc(C3=C(C(=O)OCc4ccc([N+](=O)[O-])cc4)N4C(=O)[C@H]([C@@H](C)O)[C@H]4[C@H]3C)cn12. The van der Waals surface area contributed by atoms with Crippen LogP contribution in [-0.2, 0) is 30.8 Å². The van der Waals surface area contributed by atoms with Crippen LogP contribution in [0.2, 0.25) is 0 Å².